The topological polar surface area (TPSA) is 194 Å². The van der Waals surface area contributed by atoms with Gasteiger partial charge < -0.3 is 62.2 Å². The Hall–Kier alpha value is -2.46. The molecular formula is C36H64N2O16. The van der Waals surface area contributed by atoms with Crippen LogP contribution in [-0.2, 0) is 76.0 Å². The van der Waals surface area contributed by atoms with Crippen LogP contribution in [0.5, 0.6) is 0 Å². The van der Waals surface area contributed by atoms with Crippen molar-refractivity contribution >= 4 is 23.5 Å². The van der Waals surface area contributed by atoms with Crippen molar-refractivity contribution in [3.8, 4) is 0 Å². The third-order valence-electron chi connectivity index (χ3n) is 7.10. The molecule has 0 unspecified atom stereocenters. The highest BCUT2D eigenvalue weighted by molar-refractivity contribution is 6.13. The molecule has 1 aliphatic rings. The lowest BCUT2D eigenvalue weighted by Gasteiger charge is -2.12. The van der Waals surface area contributed by atoms with Crippen LogP contribution in [-0.4, -0.2) is 201 Å². The van der Waals surface area contributed by atoms with Gasteiger partial charge in [0.15, 0.2) is 0 Å². The zero-order valence-electron chi connectivity index (χ0n) is 32.1. The van der Waals surface area contributed by atoms with Crippen LogP contribution >= 0.6 is 0 Å². The second-order valence-corrected chi connectivity index (χ2v) is 11.3. The molecule has 0 saturated carbocycles. The van der Waals surface area contributed by atoms with Gasteiger partial charge in [0.05, 0.1) is 152 Å². The standard InChI is InChI=1S/C36H64N2O16/c1-37-34(40)7-10-44-12-14-46-16-18-48-20-22-50-24-26-52-28-30-54-32-31-53-29-27-51-25-23-49-21-19-47-17-15-45-13-11-43-9-2-3-33(39)6-8-38-35(41)4-5-36(38)42/h4-5H,2-3,6-32H2,1H3,(H,37,40). The number of ketones is 1. The summed E-state index contributed by atoms with van der Waals surface area (Å²) in [6.07, 6.45) is 3.85. The zero-order chi connectivity index (χ0) is 39.0. The Balaban J connectivity index is 1.64. The van der Waals surface area contributed by atoms with E-state index in [-0.39, 0.29) is 36.5 Å². The lowest BCUT2D eigenvalue weighted by atomic mass is 10.1. The zero-order valence-corrected chi connectivity index (χ0v) is 32.1. The van der Waals surface area contributed by atoms with E-state index >= 15 is 0 Å². The first kappa shape index (κ1) is 49.6. The fourth-order valence-corrected chi connectivity index (χ4v) is 4.20. The highest BCUT2D eigenvalue weighted by Gasteiger charge is 2.23. The predicted molar refractivity (Wildman–Crippen MR) is 193 cm³/mol. The molecule has 1 rings (SSSR count). The number of nitrogens with zero attached hydrogens (tertiary/aromatic N) is 1. The first-order chi connectivity index (χ1) is 26.5. The third-order valence-corrected chi connectivity index (χ3v) is 7.10. The number of nitrogens with one attached hydrogen (secondary N) is 1. The van der Waals surface area contributed by atoms with Crippen LogP contribution in [0.2, 0.25) is 0 Å². The van der Waals surface area contributed by atoms with Crippen molar-refractivity contribution < 1.29 is 76.0 Å². The van der Waals surface area contributed by atoms with Gasteiger partial charge >= 0.3 is 0 Å². The molecule has 18 heteroatoms. The Morgan fingerprint density at radius 2 is 0.704 bits per heavy atom. The molecule has 314 valence electrons. The molecule has 0 bridgehead atoms. The van der Waals surface area contributed by atoms with E-state index in [1.165, 1.54) is 12.2 Å². The van der Waals surface area contributed by atoms with Crippen molar-refractivity contribution in [3.05, 3.63) is 12.2 Å². The van der Waals surface area contributed by atoms with Crippen LogP contribution in [0.15, 0.2) is 12.2 Å². The van der Waals surface area contributed by atoms with E-state index in [4.69, 9.17) is 56.8 Å². The molecule has 0 fully saturated rings. The summed E-state index contributed by atoms with van der Waals surface area (Å²) in [4.78, 5) is 47.0. The third kappa shape index (κ3) is 32.9. The number of hydrogen-bond donors (Lipinski definition) is 1. The molecule has 18 nitrogen and oxygen atoms in total. The summed E-state index contributed by atoms with van der Waals surface area (Å²) >= 11 is 0. The van der Waals surface area contributed by atoms with E-state index in [0.717, 1.165) is 4.90 Å². The monoisotopic (exact) mass is 780 g/mol. The second kappa shape index (κ2) is 38.8. The van der Waals surface area contributed by atoms with Gasteiger partial charge in [-0.1, -0.05) is 0 Å². The summed E-state index contributed by atoms with van der Waals surface area (Å²) < 4.78 is 65.3. The van der Waals surface area contributed by atoms with Crippen molar-refractivity contribution in [3.63, 3.8) is 0 Å². The molecule has 54 heavy (non-hydrogen) atoms. The molecule has 1 N–H and O–H groups in total. The van der Waals surface area contributed by atoms with Crippen molar-refractivity contribution in [2.24, 2.45) is 0 Å². The summed E-state index contributed by atoms with van der Waals surface area (Å²) in [7, 11) is 1.60. The Bertz CT molecular complexity index is 940. The molecule has 0 aromatic rings. The number of rotatable bonds is 43. The van der Waals surface area contributed by atoms with Gasteiger partial charge in [0.1, 0.15) is 5.78 Å². The maximum Gasteiger partial charge on any atom is 0.253 e. The lowest BCUT2D eigenvalue weighted by molar-refractivity contribution is -0.137. The minimum Gasteiger partial charge on any atom is -0.379 e. The van der Waals surface area contributed by atoms with Crippen LogP contribution in [0.4, 0.5) is 0 Å². The number of imide groups is 1. The normalized spacial score (nSPS) is 12.7. The van der Waals surface area contributed by atoms with Crippen LogP contribution < -0.4 is 5.32 Å². The number of hydrogen-bond acceptors (Lipinski definition) is 16. The highest BCUT2D eigenvalue weighted by Crippen LogP contribution is 2.06. The maximum atomic E-state index is 11.9. The average Bonchev–Trinajstić information content (AvgIpc) is 3.50. The summed E-state index contributed by atoms with van der Waals surface area (Å²) in [5, 5.41) is 2.54. The first-order valence-electron chi connectivity index (χ1n) is 18.7. The molecule has 1 aliphatic heterocycles. The quantitative estimate of drug-likeness (QED) is 0.0641. The molecule has 0 radical (unpaired) electrons. The summed E-state index contributed by atoms with van der Waals surface area (Å²) in [5.41, 5.74) is 0. The van der Waals surface area contributed by atoms with Gasteiger partial charge in [0.25, 0.3) is 11.8 Å². The smallest absolute Gasteiger partial charge is 0.253 e. The van der Waals surface area contributed by atoms with E-state index in [9.17, 15) is 19.2 Å². The number of ether oxygens (including phenoxy) is 12. The number of carbonyl (C=O) groups excluding carboxylic acids is 4. The van der Waals surface area contributed by atoms with Crippen molar-refractivity contribution in [2.75, 3.05) is 172 Å². The Morgan fingerprint density at radius 1 is 0.426 bits per heavy atom. The van der Waals surface area contributed by atoms with Gasteiger partial charge in [-0.15, -0.1) is 0 Å². The van der Waals surface area contributed by atoms with E-state index < -0.39 is 0 Å². The molecule has 0 aromatic heterocycles. The summed E-state index contributed by atoms with van der Waals surface area (Å²) in [5.74, 6) is -0.794. The van der Waals surface area contributed by atoms with Crippen LogP contribution in [0.3, 0.4) is 0 Å². The van der Waals surface area contributed by atoms with E-state index in [1.54, 1.807) is 7.05 Å². The number of amides is 3. The molecule has 1 heterocycles. The Morgan fingerprint density at radius 3 is 1.00 bits per heavy atom. The minimum atomic E-state index is -0.372. The molecular weight excluding hydrogens is 716 g/mol. The second-order valence-electron chi connectivity index (χ2n) is 11.3. The molecule has 0 atom stereocenters. The van der Waals surface area contributed by atoms with Crippen molar-refractivity contribution in [1.82, 2.24) is 10.2 Å². The first-order valence-corrected chi connectivity index (χ1v) is 18.7. The molecule has 0 spiro atoms. The van der Waals surface area contributed by atoms with Gasteiger partial charge in [-0.05, 0) is 6.42 Å². The molecule has 3 amide bonds. The van der Waals surface area contributed by atoms with Crippen molar-refractivity contribution in [1.29, 1.82) is 0 Å². The Kier molecular flexibility index (Phi) is 35.6. The molecule has 0 aromatic carbocycles. The summed E-state index contributed by atoms with van der Waals surface area (Å²) in [6, 6.07) is 0. The number of carbonyl (C=O) groups is 4. The van der Waals surface area contributed by atoms with Crippen LogP contribution in [0.25, 0.3) is 0 Å². The average molecular weight is 781 g/mol. The van der Waals surface area contributed by atoms with Crippen LogP contribution in [0.1, 0.15) is 25.7 Å². The van der Waals surface area contributed by atoms with Gasteiger partial charge in [0.2, 0.25) is 5.91 Å². The van der Waals surface area contributed by atoms with Gasteiger partial charge in [0, 0.05) is 51.6 Å². The van der Waals surface area contributed by atoms with E-state index in [2.05, 4.69) is 5.32 Å². The van der Waals surface area contributed by atoms with Gasteiger partial charge in [-0.25, -0.2) is 0 Å². The van der Waals surface area contributed by atoms with Gasteiger partial charge in [-0.3, -0.25) is 24.1 Å². The minimum absolute atomic E-state index is 0.00642. The van der Waals surface area contributed by atoms with Gasteiger partial charge in [-0.2, -0.15) is 0 Å². The Labute approximate surface area is 319 Å². The highest BCUT2D eigenvalue weighted by atomic mass is 16.6. The van der Waals surface area contributed by atoms with Crippen molar-refractivity contribution in [2.45, 2.75) is 25.7 Å². The summed E-state index contributed by atoms with van der Waals surface area (Å²) in [6.45, 7) is 11.2. The SMILES string of the molecule is CNC(=O)CCOCCOCCOCCOCCOCCOCCOCCOCCOCCOCCOCCOCCCC(=O)CCN1C(=O)C=CC1=O. The maximum absolute atomic E-state index is 11.9. The molecule has 0 saturated heterocycles. The predicted octanol–water partition coefficient (Wildman–Crippen LogP) is -0.0139. The van der Waals surface area contributed by atoms with E-state index in [1.807, 2.05) is 0 Å². The largest absolute Gasteiger partial charge is 0.379 e. The fourth-order valence-electron chi connectivity index (χ4n) is 4.20. The molecule has 0 aliphatic carbocycles. The number of Topliss-reactive ketones (excluding diaryl/α,β-unsaturated/α-hetero) is 1. The lowest BCUT2D eigenvalue weighted by Crippen LogP contribution is -2.32. The van der Waals surface area contributed by atoms with Crippen LogP contribution in [0, 0.1) is 0 Å². The van der Waals surface area contributed by atoms with E-state index in [0.29, 0.717) is 178 Å². The fraction of sp³-hybridized carbons (Fsp3) is 0.833.